The predicted octanol–water partition coefficient (Wildman–Crippen LogP) is 3.98. The molecule has 0 aliphatic rings. The fraction of sp³-hybridized carbons (Fsp3) is 0.316. The summed E-state index contributed by atoms with van der Waals surface area (Å²) in [4.78, 5) is 13.1. The van der Waals surface area contributed by atoms with Gasteiger partial charge >= 0.3 is 0 Å². The number of hydrogen-bond donors (Lipinski definition) is 1. The van der Waals surface area contributed by atoms with E-state index < -0.39 is 0 Å². The zero-order chi connectivity index (χ0) is 16.7. The van der Waals surface area contributed by atoms with E-state index in [-0.39, 0.29) is 11.9 Å². The van der Waals surface area contributed by atoms with Crippen LogP contribution in [0.15, 0.2) is 53.4 Å². The average Bonchev–Trinajstić information content (AvgIpc) is 2.54. The highest BCUT2D eigenvalue weighted by Crippen LogP contribution is 2.18. The van der Waals surface area contributed by atoms with Crippen molar-refractivity contribution in [1.82, 2.24) is 5.32 Å². The Morgan fingerprint density at radius 3 is 2.22 bits per heavy atom. The van der Waals surface area contributed by atoms with Gasteiger partial charge in [-0.15, -0.1) is 11.8 Å². The largest absolute Gasteiger partial charge is 0.491 e. The van der Waals surface area contributed by atoms with Crippen LogP contribution in [0.5, 0.6) is 5.75 Å². The molecule has 0 saturated heterocycles. The second-order valence-electron chi connectivity index (χ2n) is 5.69. The van der Waals surface area contributed by atoms with Crippen LogP contribution < -0.4 is 10.1 Å². The molecule has 3 nitrogen and oxygen atoms in total. The van der Waals surface area contributed by atoms with E-state index >= 15 is 0 Å². The lowest BCUT2D eigenvalue weighted by atomic mass is 10.2. The van der Waals surface area contributed by atoms with Crippen LogP contribution in [0.25, 0.3) is 0 Å². The van der Waals surface area contributed by atoms with Crippen molar-refractivity contribution in [2.75, 3.05) is 12.4 Å². The Bertz CT molecular complexity index is 623. The zero-order valence-corrected chi connectivity index (χ0v) is 14.7. The molecule has 23 heavy (non-hydrogen) atoms. The summed E-state index contributed by atoms with van der Waals surface area (Å²) in [7, 11) is 0. The molecule has 0 fully saturated rings. The summed E-state index contributed by atoms with van der Waals surface area (Å²) in [5.41, 5.74) is 2.42. The lowest BCUT2D eigenvalue weighted by molar-refractivity contribution is -0.119. The van der Waals surface area contributed by atoms with E-state index in [2.05, 4.69) is 24.4 Å². The van der Waals surface area contributed by atoms with Crippen LogP contribution in [0.4, 0.5) is 0 Å². The lowest BCUT2D eigenvalue weighted by Gasteiger charge is -2.15. The molecule has 122 valence electrons. The second kappa shape index (κ2) is 8.63. The Morgan fingerprint density at radius 2 is 1.61 bits per heavy atom. The predicted molar refractivity (Wildman–Crippen MR) is 96.2 cm³/mol. The molecule has 0 radical (unpaired) electrons. The summed E-state index contributed by atoms with van der Waals surface area (Å²) in [5, 5.41) is 2.96. The Labute approximate surface area is 142 Å². The first kappa shape index (κ1) is 17.4. The standard InChI is InChI=1S/C19H23NO2S/c1-14-4-8-17(9-5-14)22-12-16(3)20-19(21)13-23-18-10-6-15(2)7-11-18/h4-11,16H,12-13H2,1-3H3,(H,20,21)/t16-/m0/s1. The number of hydrogen-bond acceptors (Lipinski definition) is 3. The molecular formula is C19H23NO2S. The number of amides is 1. The van der Waals surface area contributed by atoms with Crippen molar-refractivity contribution in [1.29, 1.82) is 0 Å². The SMILES string of the molecule is Cc1ccc(OC[C@H](C)NC(=O)CSc2ccc(C)cc2)cc1. The third-order valence-electron chi connectivity index (χ3n) is 3.32. The maximum Gasteiger partial charge on any atom is 0.230 e. The Morgan fingerprint density at radius 1 is 1.04 bits per heavy atom. The first-order valence-electron chi connectivity index (χ1n) is 7.71. The van der Waals surface area contributed by atoms with Gasteiger partial charge in [-0.1, -0.05) is 35.4 Å². The smallest absolute Gasteiger partial charge is 0.230 e. The van der Waals surface area contributed by atoms with E-state index in [9.17, 15) is 4.79 Å². The Hall–Kier alpha value is -1.94. The van der Waals surface area contributed by atoms with Crippen LogP contribution in [0.3, 0.4) is 0 Å². The van der Waals surface area contributed by atoms with Gasteiger partial charge in [-0.2, -0.15) is 0 Å². The maximum absolute atomic E-state index is 12.0. The van der Waals surface area contributed by atoms with Crippen molar-refractivity contribution < 1.29 is 9.53 Å². The molecule has 0 saturated carbocycles. The molecule has 2 aromatic carbocycles. The van der Waals surface area contributed by atoms with E-state index in [1.54, 1.807) is 11.8 Å². The summed E-state index contributed by atoms with van der Waals surface area (Å²) in [6.07, 6.45) is 0. The van der Waals surface area contributed by atoms with Gasteiger partial charge in [0.25, 0.3) is 0 Å². The van der Waals surface area contributed by atoms with Gasteiger partial charge in [0.2, 0.25) is 5.91 Å². The molecule has 4 heteroatoms. The first-order chi connectivity index (χ1) is 11.0. The minimum Gasteiger partial charge on any atom is -0.491 e. The molecule has 2 aromatic rings. The summed E-state index contributed by atoms with van der Waals surface area (Å²) in [6.45, 7) is 6.50. The van der Waals surface area contributed by atoms with Crippen LogP contribution in [0, 0.1) is 13.8 Å². The monoisotopic (exact) mass is 329 g/mol. The van der Waals surface area contributed by atoms with E-state index in [4.69, 9.17) is 4.74 Å². The fourth-order valence-corrected chi connectivity index (χ4v) is 2.71. The molecule has 0 heterocycles. The molecular weight excluding hydrogens is 306 g/mol. The van der Waals surface area contributed by atoms with Crippen LogP contribution in [-0.2, 0) is 4.79 Å². The van der Waals surface area contributed by atoms with Gasteiger partial charge in [-0.05, 0) is 45.0 Å². The first-order valence-corrected chi connectivity index (χ1v) is 8.70. The van der Waals surface area contributed by atoms with Crippen molar-refractivity contribution in [3.63, 3.8) is 0 Å². The third-order valence-corrected chi connectivity index (χ3v) is 4.33. The minimum atomic E-state index is -0.0255. The lowest BCUT2D eigenvalue weighted by Crippen LogP contribution is -2.37. The van der Waals surface area contributed by atoms with E-state index in [1.165, 1.54) is 11.1 Å². The van der Waals surface area contributed by atoms with Crippen LogP contribution in [-0.4, -0.2) is 24.3 Å². The van der Waals surface area contributed by atoms with Gasteiger partial charge in [0, 0.05) is 4.90 Å². The summed E-state index contributed by atoms with van der Waals surface area (Å²) < 4.78 is 5.68. The second-order valence-corrected chi connectivity index (χ2v) is 6.74. The highest BCUT2D eigenvalue weighted by molar-refractivity contribution is 8.00. The number of aryl methyl sites for hydroxylation is 2. The fourth-order valence-electron chi connectivity index (χ4n) is 2.00. The van der Waals surface area contributed by atoms with E-state index in [0.29, 0.717) is 12.4 Å². The highest BCUT2D eigenvalue weighted by Gasteiger charge is 2.08. The van der Waals surface area contributed by atoms with Gasteiger partial charge in [0.05, 0.1) is 11.8 Å². The number of nitrogens with one attached hydrogen (secondary N) is 1. The molecule has 1 N–H and O–H groups in total. The Kier molecular flexibility index (Phi) is 6.53. The van der Waals surface area contributed by atoms with Gasteiger partial charge in [-0.3, -0.25) is 4.79 Å². The van der Waals surface area contributed by atoms with Crippen molar-refractivity contribution >= 4 is 17.7 Å². The summed E-state index contributed by atoms with van der Waals surface area (Å²) >= 11 is 1.54. The maximum atomic E-state index is 12.0. The number of carbonyl (C=O) groups is 1. The van der Waals surface area contributed by atoms with E-state index in [0.717, 1.165) is 10.6 Å². The summed E-state index contributed by atoms with van der Waals surface area (Å²) in [5.74, 6) is 1.26. The van der Waals surface area contributed by atoms with Crippen molar-refractivity contribution in [3.8, 4) is 5.75 Å². The molecule has 0 unspecified atom stereocenters. The van der Waals surface area contributed by atoms with Gasteiger partial charge in [0.1, 0.15) is 12.4 Å². The van der Waals surface area contributed by atoms with Gasteiger partial charge in [0.15, 0.2) is 0 Å². The van der Waals surface area contributed by atoms with Crippen molar-refractivity contribution in [3.05, 3.63) is 59.7 Å². The molecule has 1 amide bonds. The minimum absolute atomic E-state index is 0.0237. The molecule has 0 bridgehead atoms. The molecule has 2 rings (SSSR count). The van der Waals surface area contributed by atoms with Gasteiger partial charge < -0.3 is 10.1 Å². The zero-order valence-electron chi connectivity index (χ0n) is 13.8. The average molecular weight is 329 g/mol. The molecule has 0 spiro atoms. The normalized spacial score (nSPS) is 11.8. The highest BCUT2D eigenvalue weighted by atomic mass is 32.2. The number of benzene rings is 2. The summed E-state index contributed by atoms with van der Waals surface area (Å²) in [6, 6.07) is 16.1. The molecule has 0 aromatic heterocycles. The number of ether oxygens (including phenoxy) is 1. The third kappa shape index (κ3) is 6.37. The molecule has 0 aliphatic carbocycles. The van der Waals surface area contributed by atoms with Crippen molar-refractivity contribution in [2.24, 2.45) is 0 Å². The van der Waals surface area contributed by atoms with E-state index in [1.807, 2.05) is 50.2 Å². The number of carbonyl (C=O) groups excluding carboxylic acids is 1. The molecule has 0 aliphatic heterocycles. The van der Waals surface area contributed by atoms with Crippen molar-refractivity contribution in [2.45, 2.75) is 31.7 Å². The van der Waals surface area contributed by atoms with Gasteiger partial charge in [-0.25, -0.2) is 0 Å². The quantitative estimate of drug-likeness (QED) is 0.781. The topological polar surface area (TPSA) is 38.3 Å². The van der Waals surface area contributed by atoms with Crippen LogP contribution in [0.2, 0.25) is 0 Å². The van der Waals surface area contributed by atoms with Crippen LogP contribution >= 0.6 is 11.8 Å². The molecule has 1 atom stereocenters. The van der Waals surface area contributed by atoms with Crippen LogP contribution in [0.1, 0.15) is 18.1 Å². The number of thioether (sulfide) groups is 1. The number of rotatable bonds is 7. The Balaban J connectivity index is 1.69.